The van der Waals surface area contributed by atoms with E-state index in [1.54, 1.807) is 6.20 Å². The lowest BCUT2D eigenvalue weighted by Crippen LogP contribution is -2.59. The lowest BCUT2D eigenvalue weighted by atomic mass is 9.64. The Bertz CT molecular complexity index is 326. The van der Waals surface area contributed by atoms with E-state index in [2.05, 4.69) is 29.4 Å². The summed E-state index contributed by atoms with van der Waals surface area (Å²) in [5, 5.41) is 20.8. The third kappa shape index (κ3) is 2.01. The fraction of sp³-hybridized carbons (Fsp3) is 0.636. The van der Waals surface area contributed by atoms with Crippen molar-refractivity contribution in [3.05, 3.63) is 24.0 Å². The van der Waals surface area contributed by atoms with E-state index < -0.39 is 0 Å². The summed E-state index contributed by atoms with van der Waals surface area (Å²) in [6, 6.07) is 4.20. The first-order valence-electron chi connectivity index (χ1n) is 5.28. The van der Waals surface area contributed by atoms with Gasteiger partial charge in [0.1, 0.15) is 0 Å². The Morgan fingerprint density at radius 1 is 1.60 bits per heavy atom. The van der Waals surface area contributed by atoms with Crippen LogP contribution in [0.3, 0.4) is 0 Å². The van der Waals surface area contributed by atoms with Crippen LogP contribution in [0, 0.1) is 5.41 Å². The van der Waals surface area contributed by atoms with Crippen molar-refractivity contribution in [1.82, 2.24) is 15.5 Å². The molecule has 1 aliphatic carbocycles. The molecule has 0 aromatic carbocycles. The summed E-state index contributed by atoms with van der Waals surface area (Å²) < 4.78 is 0. The minimum atomic E-state index is -0.183. The highest BCUT2D eigenvalue weighted by Gasteiger charge is 2.46. The van der Waals surface area contributed by atoms with Crippen LogP contribution in [0.4, 0.5) is 0 Å². The standard InChI is InChI=1S/C11H17N3O/c1-11(2)9(6-10(11)15)12-7-8-4-3-5-13-14-8/h3-5,9-10,12,15H,6-7H2,1-2H3. The average Bonchev–Trinajstić information content (AvgIpc) is 2.25. The number of hydrogen-bond acceptors (Lipinski definition) is 4. The van der Waals surface area contributed by atoms with E-state index in [-0.39, 0.29) is 11.5 Å². The Hall–Kier alpha value is -1.00. The predicted molar refractivity (Wildman–Crippen MR) is 57.1 cm³/mol. The molecule has 2 atom stereocenters. The molecule has 1 heterocycles. The molecule has 1 aromatic rings. The Kier molecular flexibility index (Phi) is 2.71. The molecule has 2 rings (SSSR count). The second kappa shape index (κ2) is 3.87. The Morgan fingerprint density at radius 2 is 2.40 bits per heavy atom. The van der Waals surface area contributed by atoms with E-state index in [0.717, 1.165) is 12.1 Å². The van der Waals surface area contributed by atoms with Crippen LogP contribution in [0.2, 0.25) is 0 Å². The third-order valence-electron chi connectivity index (χ3n) is 3.37. The summed E-state index contributed by atoms with van der Waals surface area (Å²) in [4.78, 5) is 0. The highest BCUT2D eigenvalue weighted by molar-refractivity contribution is 5.04. The van der Waals surface area contributed by atoms with Crippen molar-refractivity contribution in [3.63, 3.8) is 0 Å². The monoisotopic (exact) mass is 207 g/mol. The number of aliphatic hydroxyl groups is 1. The summed E-state index contributed by atoms with van der Waals surface area (Å²) in [5.74, 6) is 0. The molecule has 82 valence electrons. The van der Waals surface area contributed by atoms with Crippen LogP contribution in [0.25, 0.3) is 0 Å². The summed E-state index contributed by atoms with van der Waals surface area (Å²) in [6.45, 7) is 4.87. The molecular weight excluding hydrogens is 190 g/mol. The van der Waals surface area contributed by atoms with Crippen molar-refractivity contribution < 1.29 is 5.11 Å². The molecule has 4 heteroatoms. The van der Waals surface area contributed by atoms with E-state index in [9.17, 15) is 5.11 Å². The molecule has 2 unspecified atom stereocenters. The number of nitrogens with zero attached hydrogens (tertiary/aromatic N) is 2. The third-order valence-corrected chi connectivity index (χ3v) is 3.37. The van der Waals surface area contributed by atoms with Crippen molar-refractivity contribution in [2.24, 2.45) is 5.41 Å². The smallest absolute Gasteiger partial charge is 0.0769 e. The van der Waals surface area contributed by atoms with E-state index in [1.807, 2.05) is 12.1 Å². The van der Waals surface area contributed by atoms with Gasteiger partial charge in [0.15, 0.2) is 0 Å². The van der Waals surface area contributed by atoms with Gasteiger partial charge in [0.05, 0.1) is 11.8 Å². The minimum Gasteiger partial charge on any atom is -0.392 e. The first-order valence-corrected chi connectivity index (χ1v) is 5.28. The van der Waals surface area contributed by atoms with Crippen LogP contribution in [-0.4, -0.2) is 27.4 Å². The normalized spacial score (nSPS) is 28.5. The zero-order valence-corrected chi connectivity index (χ0v) is 9.14. The van der Waals surface area contributed by atoms with Gasteiger partial charge in [-0.2, -0.15) is 10.2 Å². The zero-order valence-electron chi connectivity index (χ0n) is 9.14. The van der Waals surface area contributed by atoms with Gasteiger partial charge in [-0.25, -0.2) is 0 Å². The number of aliphatic hydroxyl groups excluding tert-OH is 1. The van der Waals surface area contributed by atoms with Gasteiger partial charge in [0, 0.05) is 24.2 Å². The first-order chi connectivity index (χ1) is 7.10. The molecule has 1 fully saturated rings. The van der Waals surface area contributed by atoms with Crippen molar-refractivity contribution in [2.75, 3.05) is 0 Å². The van der Waals surface area contributed by atoms with Gasteiger partial charge in [-0.05, 0) is 18.6 Å². The maximum Gasteiger partial charge on any atom is 0.0769 e. The van der Waals surface area contributed by atoms with Crippen LogP contribution in [0.15, 0.2) is 18.3 Å². The van der Waals surface area contributed by atoms with Crippen LogP contribution in [-0.2, 0) is 6.54 Å². The zero-order chi connectivity index (χ0) is 10.9. The molecule has 15 heavy (non-hydrogen) atoms. The molecule has 2 N–H and O–H groups in total. The number of aromatic nitrogens is 2. The van der Waals surface area contributed by atoms with Crippen molar-refractivity contribution in [2.45, 2.75) is 39.0 Å². The van der Waals surface area contributed by atoms with Gasteiger partial charge >= 0.3 is 0 Å². The lowest BCUT2D eigenvalue weighted by Gasteiger charge is -2.49. The highest BCUT2D eigenvalue weighted by atomic mass is 16.3. The molecule has 0 saturated heterocycles. The van der Waals surface area contributed by atoms with Gasteiger partial charge in [-0.15, -0.1) is 0 Å². The summed E-state index contributed by atoms with van der Waals surface area (Å²) in [5.41, 5.74) is 0.914. The maximum absolute atomic E-state index is 9.58. The fourth-order valence-corrected chi connectivity index (χ4v) is 1.90. The maximum atomic E-state index is 9.58. The van der Waals surface area contributed by atoms with E-state index in [1.165, 1.54) is 0 Å². The van der Waals surface area contributed by atoms with Crippen molar-refractivity contribution in [1.29, 1.82) is 0 Å². The molecule has 4 nitrogen and oxygen atoms in total. The molecular formula is C11H17N3O. The molecule has 0 spiro atoms. The van der Waals surface area contributed by atoms with E-state index >= 15 is 0 Å². The quantitative estimate of drug-likeness (QED) is 0.767. The van der Waals surface area contributed by atoms with Gasteiger partial charge in [0.25, 0.3) is 0 Å². The SMILES string of the molecule is CC1(C)C(O)CC1NCc1cccnn1. The van der Waals surface area contributed by atoms with Crippen LogP contribution < -0.4 is 5.32 Å². The molecule has 0 aliphatic heterocycles. The molecule has 1 aromatic heterocycles. The Morgan fingerprint density at radius 3 is 2.93 bits per heavy atom. The molecule has 1 aliphatic rings. The summed E-state index contributed by atoms with van der Waals surface area (Å²) >= 11 is 0. The molecule has 0 bridgehead atoms. The fourth-order valence-electron chi connectivity index (χ4n) is 1.90. The average molecular weight is 207 g/mol. The summed E-state index contributed by atoms with van der Waals surface area (Å²) in [6.07, 6.45) is 2.31. The van der Waals surface area contributed by atoms with Crippen molar-refractivity contribution in [3.8, 4) is 0 Å². The largest absolute Gasteiger partial charge is 0.392 e. The van der Waals surface area contributed by atoms with Gasteiger partial charge in [-0.1, -0.05) is 13.8 Å². The van der Waals surface area contributed by atoms with E-state index in [4.69, 9.17) is 0 Å². The topological polar surface area (TPSA) is 58.0 Å². The first kappa shape index (κ1) is 10.5. The van der Waals surface area contributed by atoms with E-state index in [0.29, 0.717) is 12.6 Å². The number of hydrogen-bond donors (Lipinski definition) is 2. The Balaban J connectivity index is 1.85. The van der Waals surface area contributed by atoms with Gasteiger partial charge in [-0.3, -0.25) is 0 Å². The van der Waals surface area contributed by atoms with Gasteiger partial charge < -0.3 is 10.4 Å². The molecule has 1 saturated carbocycles. The highest BCUT2D eigenvalue weighted by Crippen LogP contribution is 2.40. The number of rotatable bonds is 3. The lowest BCUT2D eigenvalue weighted by molar-refractivity contribution is -0.0730. The predicted octanol–water partition coefficient (Wildman–Crippen LogP) is 0.726. The van der Waals surface area contributed by atoms with Crippen molar-refractivity contribution >= 4 is 0 Å². The summed E-state index contributed by atoms with van der Waals surface area (Å²) in [7, 11) is 0. The van der Waals surface area contributed by atoms with Crippen LogP contribution in [0.5, 0.6) is 0 Å². The van der Waals surface area contributed by atoms with Gasteiger partial charge in [0.2, 0.25) is 0 Å². The second-order valence-corrected chi connectivity index (χ2v) is 4.72. The number of nitrogens with one attached hydrogen (secondary N) is 1. The second-order valence-electron chi connectivity index (χ2n) is 4.72. The minimum absolute atomic E-state index is 0.0256. The Labute approximate surface area is 89.7 Å². The van der Waals surface area contributed by atoms with Crippen LogP contribution in [0.1, 0.15) is 26.0 Å². The van der Waals surface area contributed by atoms with Crippen LogP contribution >= 0.6 is 0 Å². The molecule has 0 amide bonds. The molecule has 0 radical (unpaired) electrons.